The number of allylic oxidation sites excluding steroid dienone is 3. The molecular formula is C16H22N2O. The largest absolute Gasteiger partial charge is 0.317 e. The number of benzene rings is 1. The van der Waals surface area contributed by atoms with E-state index in [0.717, 1.165) is 11.3 Å². The SMILES string of the molecule is C=C/C=C(\N(C)N)C(C)(Cc1ccccc1)C(C)=O. The van der Waals surface area contributed by atoms with Crippen LogP contribution in [0.1, 0.15) is 19.4 Å². The number of hydrogen-bond acceptors (Lipinski definition) is 3. The third-order valence-corrected chi connectivity index (χ3v) is 3.40. The van der Waals surface area contributed by atoms with Gasteiger partial charge in [0.1, 0.15) is 5.78 Å². The maximum atomic E-state index is 12.1. The molecule has 1 rings (SSSR count). The van der Waals surface area contributed by atoms with Crippen molar-refractivity contribution in [2.75, 3.05) is 7.05 Å². The van der Waals surface area contributed by atoms with E-state index in [1.54, 1.807) is 26.1 Å². The maximum absolute atomic E-state index is 12.1. The van der Waals surface area contributed by atoms with Gasteiger partial charge in [0, 0.05) is 12.7 Å². The van der Waals surface area contributed by atoms with Gasteiger partial charge in [-0.1, -0.05) is 43.0 Å². The van der Waals surface area contributed by atoms with Crippen molar-refractivity contribution in [1.82, 2.24) is 5.01 Å². The van der Waals surface area contributed by atoms with E-state index in [2.05, 4.69) is 6.58 Å². The molecule has 0 bridgehead atoms. The molecule has 19 heavy (non-hydrogen) atoms. The highest BCUT2D eigenvalue weighted by atomic mass is 16.1. The predicted molar refractivity (Wildman–Crippen MR) is 79.2 cm³/mol. The Morgan fingerprint density at radius 2 is 2.00 bits per heavy atom. The summed E-state index contributed by atoms with van der Waals surface area (Å²) in [5.41, 5.74) is 1.22. The van der Waals surface area contributed by atoms with Crippen LogP contribution < -0.4 is 5.84 Å². The molecule has 0 saturated carbocycles. The fourth-order valence-electron chi connectivity index (χ4n) is 2.20. The molecule has 3 nitrogen and oxygen atoms in total. The third-order valence-electron chi connectivity index (χ3n) is 3.40. The standard InChI is InChI=1S/C16H22N2O/c1-5-9-15(18(4)17)16(3,13(2)19)12-14-10-7-6-8-11-14/h5-11H,1,12,17H2,2-4H3/b15-9-. The summed E-state index contributed by atoms with van der Waals surface area (Å²) in [4.78, 5) is 12.1. The Labute approximate surface area is 115 Å². The van der Waals surface area contributed by atoms with Crippen molar-refractivity contribution >= 4 is 5.78 Å². The van der Waals surface area contributed by atoms with Crippen molar-refractivity contribution in [3.63, 3.8) is 0 Å². The molecule has 0 aliphatic carbocycles. The number of carbonyl (C=O) groups excluding carboxylic acids is 1. The Morgan fingerprint density at radius 3 is 2.42 bits per heavy atom. The highest BCUT2D eigenvalue weighted by Crippen LogP contribution is 2.33. The molecule has 0 heterocycles. The molecular weight excluding hydrogens is 236 g/mol. The van der Waals surface area contributed by atoms with E-state index in [0.29, 0.717) is 6.42 Å². The number of nitrogens with zero attached hydrogens (tertiary/aromatic N) is 1. The lowest BCUT2D eigenvalue weighted by atomic mass is 9.76. The number of carbonyl (C=O) groups is 1. The fraction of sp³-hybridized carbons (Fsp3) is 0.312. The summed E-state index contributed by atoms with van der Waals surface area (Å²) in [6.45, 7) is 7.21. The highest BCUT2D eigenvalue weighted by molar-refractivity contribution is 5.85. The number of Topliss-reactive ketones (excluding diaryl/α,β-unsaturated/α-hetero) is 1. The van der Waals surface area contributed by atoms with E-state index in [9.17, 15) is 4.79 Å². The summed E-state index contributed by atoms with van der Waals surface area (Å²) < 4.78 is 0. The number of nitrogens with two attached hydrogens (primary N) is 1. The van der Waals surface area contributed by atoms with E-state index < -0.39 is 5.41 Å². The normalized spacial score (nSPS) is 14.6. The minimum Gasteiger partial charge on any atom is -0.317 e. The summed E-state index contributed by atoms with van der Waals surface area (Å²) in [5, 5.41) is 1.49. The molecule has 102 valence electrons. The molecule has 0 amide bonds. The van der Waals surface area contributed by atoms with Gasteiger partial charge in [-0.25, -0.2) is 5.84 Å². The van der Waals surface area contributed by atoms with Crippen LogP contribution in [0, 0.1) is 5.41 Å². The fourth-order valence-corrected chi connectivity index (χ4v) is 2.20. The van der Waals surface area contributed by atoms with Gasteiger partial charge in [0.25, 0.3) is 0 Å². The van der Waals surface area contributed by atoms with Crippen LogP contribution in [-0.4, -0.2) is 17.8 Å². The molecule has 1 unspecified atom stereocenters. The lowest BCUT2D eigenvalue weighted by molar-refractivity contribution is -0.124. The van der Waals surface area contributed by atoms with E-state index >= 15 is 0 Å². The molecule has 0 spiro atoms. The third kappa shape index (κ3) is 3.55. The van der Waals surface area contributed by atoms with Crippen molar-refractivity contribution in [1.29, 1.82) is 0 Å². The van der Waals surface area contributed by atoms with Crippen LogP contribution in [0.3, 0.4) is 0 Å². The second kappa shape index (κ2) is 6.34. The summed E-state index contributed by atoms with van der Waals surface area (Å²) >= 11 is 0. The molecule has 1 aromatic carbocycles. The van der Waals surface area contributed by atoms with Crippen molar-refractivity contribution in [2.45, 2.75) is 20.3 Å². The lowest BCUT2D eigenvalue weighted by Crippen LogP contribution is -2.41. The summed E-state index contributed by atoms with van der Waals surface area (Å²) in [6.07, 6.45) is 4.07. The van der Waals surface area contributed by atoms with Crippen LogP contribution in [0.2, 0.25) is 0 Å². The zero-order valence-electron chi connectivity index (χ0n) is 11.9. The first-order valence-electron chi connectivity index (χ1n) is 6.28. The van der Waals surface area contributed by atoms with Crippen molar-refractivity contribution < 1.29 is 4.79 Å². The summed E-state index contributed by atoms with van der Waals surface area (Å²) in [5.74, 6) is 5.95. The zero-order chi connectivity index (χ0) is 14.5. The van der Waals surface area contributed by atoms with Gasteiger partial charge in [-0.05, 0) is 31.9 Å². The maximum Gasteiger partial charge on any atom is 0.141 e. The first-order valence-corrected chi connectivity index (χ1v) is 6.28. The minimum atomic E-state index is -0.654. The highest BCUT2D eigenvalue weighted by Gasteiger charge is 2.35. The van der Waals surface area contributed by atoms with Gasteiger partial charge in [0.2, 0.25) is 0 Å². The second-order valence-corrected chi connectivity index (χ2v) is 4.95. The smallest absolute Gasteiger partial charge is 0.141 e. The molecule has 0 aromatic heterocycles. The van der Waals surface area contributed by atoms with Crippen LogP contribution in [0.25, 0.3) is 0 Å². The van der Waals surface area contributed by atoms with E-state index in [-0.39, 0.29) is 5.78 Å². The van der Waals surface area contributed by atoms with Crippen LogP contribution in [-0.2, 0) is 11.2 Å². The van der Waals surface area contributed by atoms with Gasteiger partial charge in [0.05, 0.1) is 5.41 Å². The average Bonchev–Trinajstić information content (AvgIpc) is 2.36. The first kappa shape index (κ1) is 15.2. The Kier molecular flexibility index (Phi) is 5.07. The van der Waals surface area contributed by atoms with Crippen LogP contribution >= 0.6 is 0 Å². The van der Waals surface area contributed by atoms with E-state index in [4.69, 9.17) is 5.84 Å². The number of hydrazine groups is 1. The Morgan fingerprint density at radius 1 is 1.42 bits per heavy atom. The van der Waals surface area contributed by atoms with Crippen LogP contribution in [0.15, 0.2) is 54.8 Å². The van der Waals surface area contributed by atoms with Crippen molar-refractivity contribution in [2.24, 2.45) is 11.3 Å². The quantitative estimate of drug-likeness (QED) is 0.485. The molecule has 1 aromatic rings. The van der Waals surface area contributed by atoms with Gasteiger partial charge in [-0.15, -0.1) is 0 Å². The van der Waals surface area contributed by atoms with Gasteiger partial charge < -0.3 is 5.01 Å². The number of hydrogen-bond donors (Lipinski definition) is 1. The predicted octanol–water partition coefficient (Wildman–Crippen LogP) is 2.70. The van der Waals surface area contributed by atoms with E-state index in [1.165, 1.54) is 5.01 Å². The summed E-state index contributed by atoms with van der Waals surface area (Å²) in [6, 6.07) is 9.94. The molecule has 0 radical (unpaired) electrons. The average molecular weight is 258 g/mol. The number of ketones is 1. The van der Waals surface area contributed by atoms with Crippen molar-refractivity contribution in [3.05, 3.63) is 60.3 Å². The van der Waals surface area contributed by atoms with Gasteiger partial charge in [0.15, 0.2) is 0 Å². The topological polar surface area (TPSA) is 46.3 Å². The Bertz CT molecular complexity index is 477. The monoisotopic (exact) mass is 258 g/mol. The van der Waals surface area contributed by atoms with Crippen molar-refractivity contribution in [3.8, 4) is 0 Å². The molecule has 2 N–H and O–H groups in total. The van der Waals surface area contributed by atoms with Crippen LogP contribution in [0.5, 0.6) is 0 Å². The van der Waals surface area contributed by atoms with Gasteiger partial charge in [-0.2, -0.15) is 0 Å². The van der Waals surface area contributed by atoms with Gasteiger partial charge in [-0.3, -0.25) is 4.79 Å². The minimum absolute atomic E-state index is 0.0850. The van der Waals surface area contributed by atoms with Gasteiger partial charge >= 0.3 is 0 Å². The Hall–Kier alpha value is -1.87. The second-order valence-electron chi connectivity index (χ2n) is 4.95. The molecule has 0 aliphatic rings. The van der Waals surface area contributed by atoms with Crippen LogP contribution in [0.4, 0.5) is 0 Å². The molecule has 0 fully saturated rings. The molecule has 1 atom stereocenters. The molecule has 3 heteroatoms. The van der Waals surface area contributed by atoms with E-state index in [1.807, 2.05) is 37.3 Å². The summed E-state index contributed by atoms with van der Waals surface area (Å²) in [7, 11) is 1.74. The number of rotatable bonds is 6. The first-order chi connectivity index (χ1) is 8.91. The molecule has 0 saturated heterocycles. The Balaban J connectivity index is 3.20. The zero-order valence-corrected chi connectivity index (χ0v) is 11.9. The molecule has 0 aliphatic heterocycles. The lowest BCUT2D eigenvalue weighted by Gasteiger charge is -2.34.